The van der Waals surface area contributed by atoms with E-state index in [4.69, 9.17) is 5.73 Å². The number of nitrogens with zero attached hydrogens (tertiary/aromatic N) is 2. The molecule has 0 spiro atoms. The summed E-state index contributed by atoms with van der Waals surface area (Å²) in [4.78, 5) is 19.0. The number of nitrogens with two attached hydrogens (primary N) is 1. The van der Waals surface area contributed by atoms with Crippen molar-refractivity contribution in [2.24, 2.45) is 5.73 Å². The van der Waals surface area contributed by atoms with Gasteiger partial charge in [-0.2, -0.15) is 0 Å². The van der Waals surface area contributed by atoms with Crippen molar-refractivity contribution in [1.82, 2.24) is 9.97 Å². The molecule has 0 aliphatic carbocycles. The Kier molecular flexibility index (Phi) is 2.82. The average Bonchev–Trinajstić information content (AvgIpc) is 2.30. The number of rotatable bonds is 2. The first-order chi connectivity index (χ1) is 8.09. The molecule has 1 amide bonds. The van der Waals surface area contributed by atoms with E-state index in [2.05, 4.69) is 9.97 Å². The first-order valence-electron chi connectivity index (χ1n) is 4.96. The average molecular weight is 231 g/mol. The molecule has 5 heteroatoms. The van der Waals surface area contributed by atoms with Gasteiger partial charge in [0.1, 0.15) is 12.1 Å². The van der Waals surface area contributed by atoms with Crippen molar-refractivity contribution in [2.45, 2.75) is 6.92 Å². The van der Waals surface area contributed by atoms with Crippen molar-refractivity contribution in [3.8, 4) is 11.1 Å². The zero-order chi connectivity index (χ0) is 12.4. The Morgan fingerprint density at radius 1 is 1.41 bits per heavy atom. The minimum atomic E-state index is -0.793. The third kappa shape index (κ3) is 2.13. The number of halogens is 1. The molecule has 2 N–H and O–H groups in total. The summed E-state index contributed by atoms with van der Waals surface area (Å²) < 4.78 is 13.3. The van der Waals surface area contributed by atoms with E-state index in [1.807, 2.05) is 6.92 Å². The largest absolute Gasteiger partial charge is 0.366 e. The maximum Gasteiger partial charge on any atom is 0.251 e. The molecular weight excluding hydrogens is 221 g/mol. The molecule has 1 aromatic carbocycles. The smallest absolute Gasteiger partial charge is 0.251 e. The van der Waals surface area contributed by atoms with Gasteiger partial charge in [-0.3, -0.25) is 4.79 Å². The van der Waals surface area contributed by atoms with Gasteiger partial charge in [0.2, 0.25) is 0 Å². The van der Waals surface area contributed by atoms with Crippen LogP contribution in [-0.4, -0.2) is 15.9 Å². The molecule has 86 valence electrons. The second kappa shape index (κ2) is 4.29. The van der Waals surface area contributed by atoms with E-state index in [1.165, 1.54) is 18.5 Å². The van der Waals surface area contributed by atoms with E-state index < -0.39 is 11.7 Å². The second-order valence-electron chi connectivity index (χ2n) is 3.58. The van der Waals surface area contributed by atoms with Crippen LogP contribution in [-0.2, 0) is 0 Å². The van der Waals surface area contributed by atoms with Gasteiger partial charge in [-0.25, -0.2) is 14.4 Å². The van der Waals surface area contributed by atoms with Crippen LogP contribution in [0.2, 0.25) is 0 Å². The van der Waals surface area contributed by atoms with E-state index >= 15 is 0 Å². The summed E-state index contributed by atoms with van der Waals surface area (Å²) >= 11 is 0. The highest BCUT2D eigenvalue weighted by atomic mass is 19.1. The number of hydrogen-bond acceptors (Lipinski definition) is 3. The molecular formula is C12H10FN3O. The number of hydrogen-bond donors (Lipinski definition) is 1. The number of primary amides is 1. The lowest BCUT2D eigenvalue weighted by Crippen LogP contribution is -2.13. The topological polar surface area (TPSA) is 68.9 Å². The van der Waals surface area contributed by atoms with Gasteiger partial charge < -0.3 is 5.73 Å². The molecule has 1 aromatic heterocycles. The van der Waals surface area contributed by atoms with Gasteiger partial charge in [-0.05, 0) is 24.6 Å². The van der Waals surface area contributed by atoms with Crippen LogP contribution >= 0.6 is 0 Å². The lowest BCUT2D eigenvalue weighted by molar-refractivity contribution is 0.0996. The van der Waals surface area contributed by atoms with E-state index in [0.717, 1.165) is 11.3 Å². The summed E-state index contributed by atoms with van der Waals surface area (Å²) in [5, 5.41) is 0. The predicted octanol–water partition coefficient (Wildman–Crippen LogP) is 1.69. The summed E-state index contributed by atoms with van der Waals surface area (Å²) in [5.74, 6) is -1.42. The number of aryl methyl sites for hydroxylation is 1. The van der Waals surface area contributed by atoms with Crippen LogP contribution in [0.5, 0.6) is 0 Å². The molecule has 2 rings (SSSR count). The Labute approximate surface area is 97.3 Å². The van der Waals surface area contributed by atoms with Crippen LogP contribution in [0.1, 0.15) is 16.1 Å². The Balaban J connectivity index is 2.58. The highest BCUT2D eigenvalue weighted by Crippen LogP contribution is 2.23. The lowest BCUT2D eigenvalue weighted by Gasteiger charge is -2.06. The molecule has 0 saturated heterocycles. The highest BCUT2D eigenvalue weighted by Gasteiger charge is 2.11. The lowest BCUT2D eigenvalue weighted by atomic mass is 10.0. The molecule has 0 atom stereocenters. The van der Waals surface area contributed by atoms with Crippen molar-refractivity contribution in [3.05, 3.63) is 47.8 Å². The minimum Gasteiger partial charge on any atom is -0.366 e. The first kappa shape index (κ1) is 11.2. The van der Waals surface area contributed by atoms with E-state index in [-0.39, 0.29) is 5.56 Å². The zero-order valence-corrected chi connectivity index (χ0v) is 9.14. The van der Waals surface area contributed by atoms with Crippen molar-refractivity contribution < 1.29 is 9.18 Å². The van der Waals surface area contributed by atoms with Crippen LogP contribution in [0.3, 0.4) is 0 Å². The van der Waals surface area contributed by atoms with Gasteiger partial charge in [-0.15, -0.1) is 0 Å². The molecule has 0 fully saturated rings. The van der Waals surface area contributed by atoms with Crippen LogP contribution in [0.4, 0.5) is 4.39 Å². The Morgan fingerprint density at radius 3 is 2.82 bits per heavy atom. The number of benzene rings is 1. The van der Waals surface area contributed by atoms with Gasteiger partial charge >= 0.3 is 0 Å². The normalized spacial score (nSPS) is 10.2. The van der Waals surface area contributed by atoms with Crippen molar-refractivity contribution >= 4 is 5.91 Å². The van der Waals surface area contributed by atoms with Crippen LogP contribution < -0.4 is 5.73 Å². The van der Waals surface area contributed by atoms with Crippen molar-refractivity contribution in [2.75, 3.05) is 0 Å². The summed E-state index contributed by atoms with van der Waals surface area (Å²) in [6.45, 7) is 1.81. The Bertz CT molecular complexity index is 584. The Hall–Kier alpha value is -2.30. The van der Waals surface area contributed by atoms with Gasteiger partial charge in [0.25, 0.3) is 5.91 Å². The van der Waals surface area contributed by atoms with Gasteiger partial charge in [0.15, 0.2) is 0 Å². The van der Waals surface area contributed by atoms with Crippen LogP contribution in [0.15, 0.2) is 30.7 Å². The maximum atomic E-state index is 13.3. The zero-order valence-electron chi connectivity index (χ0n) is 9.14. The maximum absolute atomic E-state index is 13.3. The summed E-state index contributed by atoms with van der Waals surface area (Å²) in [6.07, 6.45) is 3.04. The molecule has 2 aromatic rings. The molecule has 17 heavy (non-hydrogen) atoms. The van der Waals surface area contributed by atoms with Crippen LogP contribution in [0.25, 0.3) is 11.1 Å². The van der Waals surface area contributed by atoms with Crippen molar-refractivity contribution in [1.29, 1.82) is 0 Å². The number of carbonyl (C=O) groups excluding carboxylic acids is 1. The van der Waals surface area contributed by atoms with E-state index in [0.29, 0.717) is 5.56 Å². The monoisotopic (exact) mass is 231 g/mol. The van der Waals surface area contributed by atoms with Gasteiger partial charge in [0.05, 0.1) is 5.56 Å². The quantitative estimate of drug-likeness (QED) is 0.855. The van der Waals surface area contributed by atoms with Gasteiger partial charge in [0, 0.05) is 17.5 Å². The molecule has 0 aliphatic heterocycles. The fourth-order valence-electron chi connectivity index (χ4n) is 1.56. The molecule has 4 nitrogen and oxygen atoms in total. The van der Waals surface area contributed by atoms with E-state index in [1.54, 1.807) is 12.3 Å². The molecule has 0 bridgehead atoms. The third-order valence-electron chi connectivity index (χ3n) is 2.45. The molecule has 0 unspecified atom stereocenters. The SMILES string of the molecule is Cc1ncncc1-c1ccc(F)c(C(N)=O)c1. The second-order valence-corrected chi connectivity index (χ2v) is 3.58. The van der Waals surface area contributed by atoms with Gasteiger partial charge in [-0.1, -0.05) is 6.07 Å². The molecule has 0 radical (unpaired) electrons. The first-order valence-corrected chi connectivity index (χ1v) is 4.96. The number of amides is 1. The molecule has 1 heterocycles. The summed E-state index contributed by atoms with van der Waals surface area (Å²) in [6, 6.07) is 4.18. The third-order valence-corrected chi connectivity index (χ3v) is 2.45. The van der Waals surface area contributed by atoms with Crippen molar-refractivity contribution in [3.63, 3.8) is 0 Å². The summed E-state index contributed by atoms with van der Waals surface area (Å²) in [5.41, 5.74) is 7.12. The number of aromatic nitrogens is 2. The fraction of sp³-hybridized carbons (Fsp3) is 0.0833. The summed E-state index contributed by atoms with van der Waals surface area (Å²) in [7, 11) is 0. The Morgan fingerprint density at radius 2 is 2.18 bits per heavy atom. The van der Waals surface area contributed by atoms with E-state index in [9.17, 15) is 9.18 Å². The molecule has 0 aliphatic rings. The highest BCUT2D eigenvalue weighted by molar-refractivity contribution is 5.94. The van der Waals surface area contributed by atoms with Crippen LogP contribution in [0, 0.1) is 12.7 Å². The molecule has 0 saturated carbocycles. The minimum absolute atomic E-state index is 0.134. The number of carbonyl (C=O) groups is 1. The predicted molar refractivity (Wildman–Crippen MR) is 60.7 cm³/mol. The standard InChI is InChI=1S/C12H10FN3O/c1-7-10(5-15-6-16-7)8-2-3-11(13)9(4-8)12(14)17/h2-6H,1H3,(H2,14,17). The fourth-order valence-corrected chi connectivity index (χ4v) is 1.56.